The highest BCUT2D eigenvalue weighted by molar-refractivity contribution is 8.32. The van der Waals surface area contributed by atoms with Crippen molar-refractivity contribution in [1.82, 2.24) is 9.55 Å². The Morgan fingerprint density at radius 1 is 1.44 bits per heavy atom. The Bertz CT molecular complexity index is 385. The molecule has 1 aromatic rings. The van der Waals surface area contributed by atoms with Crippen LogP contribution in [-0.4, -0.2) is 53.3 Å². The Morgan fingerprint density at radius 2 is 2.17 bits per heavy atom. The molecule has 0 saturated carbocycles. The Hall–Kier alpha value is -1.01. The van der Waals surface area contributed by atoms with Crippen molar-refractivity contribution in [2.45, 2.75) is 13.7 Å². The number of esters is 1. The maximum absolute atomic E-state index is 11.4. The molecule has 0 aromatic carbocycles. The molecule has 0 spiro atoms. The number of ether oxygens (including phenoxy) is 2. The molecule has 104 valence electrons. The smallest absolute Gasteiger partial charge is 0.358 e. The van der Waals surface area contributed by atoms with Crippen LogP contribution < -0.4 is 0 Å². The van der Waals surface area contributed by atoms with Crippen LogP contribution in [0.5, 0.6) is 0 Å². The van der Waals surface area contributed by atoms with Crippen LogP contribution >= 0.6 is 10.0 Å². The van der Waals surface area contributed by atoms with Gasteiger partial charge in [0, 0.05) is 11.9 Å². The maximum atomic E-state index is 11.4. The second-order valence-corrected chi connectivity index (χ2v) is 9.42. The van der Waals surface area contributed by atoms with E-state index < -0.39 is 16.0 Å². The van der Waals surface area contributed by atoms with E-state index in [1.54, 1.807) is 24.0 Å². The highest BCUT2D eigenvalue weighted by Crippen LogP contribution is 2.33. The van der Waals surface area contributed by atoms with Crippen LogP contribution in [0.1, 0.15) is 17.4 Å². The summed E-state index contributed by atoms with van der Waals surface area (Å²) >= 11 is 0. The van der Waals surface area contributed by atoms with Gasteiger partial charge in [-0.15, -0.1) is 0 Å². The third-order valence-corrected chi connectivity index (χ3v) is 3.59. The van der Waals surface area contributed by atoms with Gasteiger partial charge in [-0.25, -0.2) is 19.8 Å². The first kappa shape index (κ1) is 15.0. The number of hydrogen-bond acceptors (Lipinski definition) is 4. The van der Waals surface area contributed by atoms with Crippen LogP contribution in [0.15, 0.2) is 12.5 Å². The second kappa shape index (κ2) is 6.80. The Kier molecular flexibility index (Phi) is 5.68. The summed E-state index contributed by atoms with van der Waals surface area (Å²) in [5.41, 5.74) is 0.321. The summed E-state index contributed by atoms with van der Waals surface area (Å²) in [6.45, 7) is 3.27. The molecule has 6 heteroatoms. The van der Waals surface area contributed by atoms with Crippen LogP contribution in [0.3, 0.4) is 0 Å². The fourth-order valence-corrected chi connectivity index (χ4v) is 1.84. The molecule has 5 nitrogen and oxygen atoms in total. The summed E-state index contributed by atoms with van der Waals surface area (Å²) < 4.78 is 12.1. The maximum Gasteiger partial charge on any atom is 0.358 e. The summed E-state index contributed by atoms with van der Waals surface area (Å²) in [6.07, 6.45) is 9.99. The fourth-order valence-electron chi connectivity index (χ4n) is 1.22. The zero-order valence-electron chi connectivity index (χ0n) is 11.5. The number of carbonyl (C=O) groups excluding carboxylic acids is 1. The number of hydrogen-bond donors (Lipinski definition) is 0. The largest absolute Gasteiger partial charge is 0.461 e. The van der Waals surface area contributed by atoms with Gasteiger partial charge >= 0.3 is 5.97 Å². The molecule has 1 aromatic heterocycles. The van der Waals surface area contributed by atoms with Crippen molar-refractivity contribution in [3.05, 3.63) is 18.2 Å². The van der Waals surface area contributed by atoms with E-state index in [-0.39, 0.29) is 0 Å². The lowest BCUT2D eigenvalue weighted by atomic mass is 10.5. The molecule has 0 aliphatic carbocycles. The van der Waals surface area contributed by atoms with Gasteiger partial charge in [0.2, 0.25) is 0 Å². The highest BCUT2D eigenvalue weighted by Gasteiger charge is 2.10. The highest BCUT2D eigenvalue weighted by atomic mass is 32.3. The summed E-state index contributed by atoms with van der Waals surface area (Å²) in [7, 11) is -0.518. The summed E-state index contributed by atoms with van der Waals surface area (Å²) in [4.78, 5) is 15.4. The lowest BCUT2D eigenvalue weighted by Crippen LogP contribution is -2.09. The van der Waals surface area contributed by atoms with Gasteiger partial charge in [-0.2, -0.15) is 0 Å². The Morgan fingerprint density at radius 3 is 2.78 bits per heavy atom. The van der Waals surface area contributed by atoms with E-state index in [4.69, 9.17) is 9.47 Å². The van der Waals surface area contributed by atoms with Crippen LogP contribution in [0.4, 0.5) is 0 Å². The lowest BCUT2D eigenvalue weighted by Gasteiger charge is -2.24. The first-order valence-electron chi connectivity index (χ1n) is 5.85. The first-order valence-corrected chi connectivity index (χ1v) is 8.87. The van der Waals surface area contributed by atoms with Crippen molar-refractivity contribution < 1.29 is 14.3 Å². The summed E-state index contributed by atoms with van der Waals surface area (Å²) in [5, 5.41) is 0. The molecule has 18 heavy (non-hydrogen) atoms. The van der Waals surface area contributed by atoms with Gasteiger partial charge in [-0.05, 0) is 25.7 Å². The molecule has 1 heterocycles. The predicted octanol–water partition coefficient (Wildman–Crippen LogP) is 1.73. The SMILES string of the molecule is CCOC(=O)c1cn(COCCS(C)(C)C)cn1. The number of rotatable bonds is 7. The molecule has 0 radical (unpaired) electrons. The van der Waals surface area contributed by atoms with E-state index in [0.29, 0.717) is 19.0 Å². The summed E-state index contributed by atoms with van der Waals surface area (Å²) in [5.74, 6) is 0.683. The Labute approximate surface area is 110 Å². The number of imidazole rings is 1. The lowest BCUT2D eigenvalue weighted by molar-refractivity contribution is 0.0519. The van der Waals surface area contributed by atoms with Gasteiger partial charge in [0.05, 0.1) is 19.5 Å². The van der Waals surface area contributed by atoms with Crippen molar-refractivity contribution in [2.24, 2.45) is 0 Å². The van der Waals surface area contributed by atoms with E-state index in [1.807, 2.05) is 0 Å². The molecule has 0 aliphatic rings. The predicted molar refractivity (Wildman–Crippen MR) is 74.4 cm³/mol. The molecular formula is C12H22N2O3S. The third-order valence-electron chi connectivity index (χ3n) is 2.20. The van der Waals surface area contributed by atoms with E-state index in [2.05, 4.69) is 23.8 Å². The van der Waals surface area contributed by atoms with Crippen molar-refractivity contribution in [3.8, 4) is 0 Å². The molecule has 0 saturated heterocycles. The summed E-state index contributed by atoms with van der Waals surface area (Å²) in [6, 6.07) is 0. The van der Waals surface area contributed by atoms with Crippen LogP contribution in [0, 0.1) is 0 Å². The van der Waals surface area contributed by atoms with Crippen molar-refractivity contribution in [3.63, 3.8) is 0 Å². The number of nitrogens with zero attached hydrogens (tertiary/aromatic N) is 2. The normalized spacial score (nSPS) is 12.4. The molecule has 0 atom stereocenters. The van der Waals surface area contributed by atoms with Crippen LogP contribution in [0.2, 0.25) is 0 Å². The second-order valence-electron chi connectivity index (χ2n) is 4.83. The van der Waals surface area contributed by atoms with Crippen molar-refractivity contribution in [2.75, 3.05) is 37.7 Å². The molecule has 0 unspecified atom stereocenters. The van der Waals surface area contributed by atoms with Crippen LogP contribution in [-0.2, 0) is 16.2 Å². The minimum absolute atomic E-state index is 0.321. The van der Waals surface area contributed by atoms with Gasteiger partial charge in [0.25, 0.3) is 0 Å². The van der Waals surface area contributed by atoms with Gasteiger partial charge < -0.3 is 14.0 Å². The molecule has 0 N–H and O–H groups in total. The van der Waals surface area contributed by atoms with Gasteiger partial charge in [-0.3, -0.25) is 0 Å². The standard InChI is InChI=1S/C12H22N2O3S/c1-5-17-12(15)11-8-14(9-13-11)10-16-6-7-18(2,3)4/h8-9H,5-7,10H2,1-4H3. The topological polar surface area (TPSA) is 53.4 Å². The average molecular weight is 274 g/mol. The van der Waals surface area contributed by atoms with Crippen LogP contribution in [0.25, 0.3) is 0 Å². The zero-order chi connectivity index (χ0) is 13.6. The molecule has 0 bridgehead atoms. The van der Waals surface area contributed by atoms with Crippen molar-refractivity contribution in [1.29, 1.82) is 0 Å². The molecule has 0 fully saturated rings. The van der Waals surface area contributed by atoms with E-state index in [1.165, 1.54) is 0 Å². The fraction of sp³-hybridized carbons (Fsp3) is 0.667. The number of carbonyl (C=O) groups is 1. The quantitative estimate of drug-likeness (QED) is 0.561. The van der Waals surface area contributed by atoms with Gasteiger partial charge in [0.1, 0.15) is 6.73 Å². The molecule has 1 rings (SSSR count). The minimum atomic E-state index is -0.518. The monoisotopic (exact) mass is 274 g/mol. The minimum Gasteiger partial charge on any atom is -0.461 e. The zero-order valence-corrected chi connectivity index (χ0v) is 12.3. The van der Waals surface area contributed by atoms with Gasteiger partial charge in [-0.1, -0.05) is 0 Å². The first-order chi connectivity index (χ1) is 8.42. The number of aromatic nitrogens is 2. The van der Waals surface area contributed by atoms with E-state index in [0.717, 1.165) is 12.4 Å². The third kappa shape index (κ3) is 5.55. The molecule has 0 aliphatic heterocycles. The van der Waals surface area contributed by atoms with E-state index >= 15 is 0 Å². The van der Waals surface area contributed by atoms with Crippen molar-refractivity contribution >= 4 is 16.0 Å². The molecule has 0 amide bonds. The van der Waals surface area contributed by atoms with Gasteiger partial charge in [0.15, 0.2) is 5.69 Å². The Balaban J connectivity index is 2.33. The van der Waals surface area contributed by atoms with E-state index in [9.17, 15) is 4.79 Å². The molecular weight excluding hydrogens is 252 g/mol. The average Bonchev–Trinajstić information content (AvgIpc) is 2.72.